The van der Waals surface area contributed by atoms with E-state index in [9.17, 15) is 4.39 Å². The predicted molar refractivity (Wildman–Crippen MR) is 76.8 cm³/mol. The maximum absolute atomic E-state index is 12.9. The predicted octanol–water partition coefficient (Wildman–Crippen LogP) is 3.64. The highest BCUT2D eigenvalue weighted by molar-refractivity contribution is 5.99. The van der Waals surface area contributed by atoms with Crippen LogP contribution in [0, 0.1) is 5.82 Å². The largest absolute Gasteiger partial charge is 0.411 e. The number of halogens is 1. The quantitative estimate of drug-likeness (QED) is 0.439. The van der Waals surface area contributed by atoms with E-state index >= 15 is 0 Å². The standard InChI is InChI=1S/C16H13FN2O/c17-14-7-5-12(6-8-14)10-19-11-13(9-18-20)15-3-1-2-4-16(15)19/h1-9,11,20H,10H2/b18-9+. The molecule has 0 aliphatic rings. The summed E-state index contributed by atoms with van der Waals surface area (Å²) in [7, 11) is 0. The van der Waals surface area contributed by atoms with Gasteiger partial charge in [-0.05, 0) is 23.8 Å². The molecule has 0 radical (unpaired) electrons. The van der Waals surface area contributed by atoms with Crippen LogP contribution in [-0.4, -0.2) is 16.0 Å². The summed E-state index contributed by atoms with van der Waals surface area (Å²) in [6.45, 7) is 0.639. The molecule has 1 N–H and O–H groups in total. The van der Waals surface area contributed by atoms with Crippen molar-refractivity contribution in [1.29, 1.82) is 0 Å². The molecule has 0 amide bonds. The zero-order valence-electron chi connectivity index (χ0n) is 10.7. The Labute approximate surface area is 115 Å². The van der Waals surface area contributed by atoms with Crippen LogP contribution in [0.1, 0.15) is 11.1 Å². The van der Waals surface area contributed by atoms with Crippen molar-refractivity contribution in [3.63, 3.8) is 0 Å². The molecular formula is C16H13FN2O. The van der Waals surface area contributed by atoms with E-state index in [-0.39, 0.29) is 5.82 Å². The summed E-state index contributed by atoms with van der Waals surface area (Å²) in [5.41, 5.74) is 2.91. The minimum atomic E-state index is -0.237. The van der Waals surface area contributed by atoms with E-state index in [1.54, 1.807) is 12.1 Å². The Balaban J connectivity index is 2.05. The van der Waals surface area contributed by atoms with Gasteiger partial charge >= 0.3 is 0 Å². The van der Waals surface area contributed by atoms with E-state index in [4.69, 9.17) is 5.21 Å². The van der Waals surface area contributed by atoms with E-state index in [0.717, 1.165) is 22.0 Å². The van der Waals surface area contributed by atoms with Crippen molar-refractivity contribution in [2.45, 2.75) is 6.54 Å². The van der Waals surface area contributed by atoms with Gasteiger partial charge in [0.1, 0.15) is 5.82 Å². The van der Waals surface area contributed by atoms with Crippen molar-refractivity contribution in [2.75, 3.05) is 0 Å². The molecule has 0 aliphatic carbocycles. The second-order valence-electron chi connectivity index (χ2n) is 4.60. The molecule has 2 aromatic carbocycles. The summed E-state index contributed by atoms with van der Waals surface area (Å²) >= 11 is 0. The molecule has 0 saturated carbocycles. The van der Waals surface area contributed by atoms with Gasteiger partial charge in [-0.1, -0.05) is 35.5 Å². The highest BCUT2D eigenvalue weighted by Gasteiger charge is 2.07. The summed E-state index contributed by atoms with van der Waals surface area (Å²) < 4.78 is 15.0. The maximum Gasteiger partial charge on any atom is 0.123 e. The molecule has 3 nitrogen and oxygen atoms in total. The number of aromatic nitrogens is 1. The number of fused-ring (bicyclic) bond motifs is 1. The molecule has 0 bridgehead atoms. The Hall–Kier alpha value is -2.62. The third kappa shape index (κ3) is 2.28. The molecule has 0 saturated heterocycles. The van der Waals surface area contributed by atoms with Crippen LogP contribution in [-0.2, 0) is 6.54 Å². The molecule has 20 heavy (non-hydrogen) atoms. The fourth-order valence-electron chi connectivity index (χ4n) is 2.36. The Morgan fingerprint density at radius 3 is 2.60 bits per heavy atom. The Morgan fingerprint density at radius 1 is 1.10 bits per heavy atom. The van der Waals surface area contributed by atoms with Gasteiger partial charge in [0.15, 0.2) is 0 Å². The van der Waals surface area contributed by atoms with E-state index < -0.39 is 0 Å². The summed E-state index contributed by atoms with van der Waals surface area (Å²) in [6, 6.07) is 14.3. The fourth-order valence-corrected chi connectivity index (χ4v) is 2.36. The van der Waals surface area contributed by atoms with Gasteiger partial charge in [-0.25, -0.2) is 4.39 Å². The van der Waals surface area contributed by atoms with E-state index in [0.29, 0.717) is 6.54 Å². The third-order valence-electron chi connectivity index (χ3n) is 3.28. The van der Waals surface area contributed by atoms with Crippen molar-refractivity contribution >= 4 is 17.1 Å². The van der Waals surface area contributed by atoms with E-state index in [2.05, 4.69) is 9.72 Å². The summed E-state index contributed by atoms with van der Waals surface area (Å²) in [5, 5.41) is 12.8. The lowest BCUT2D eigenvalue weighted by Crippen LogP contribution is -1.97. The van der Waals surface area contributed by atoms with Gasteiger partial charge in [-0.3, -0.25) is 0 Å². The lowest BCUT2D eigenvalue weighted by molar-refractivity contribution is 0.322. The molecule has 0 unspecified atom stereocenters. The highest BCUT2D eigenvalue weighted by atomic mass is 19.1. The normalized spacial score (nSPS) is 11.4. The number of oxime groups is 1. The van der Waals surface area contributed by atoms with Crippen LogP contribution in [0.2, 0.25) is 0 Å². The molecule has 0 aliphatic heterocycles. The second-order valence-corrected chi connectivity index (χ2v) is 4.60. The molecule has 0 fully saturated rings. The van der Waals surface area contributed by atoms with Gasteiger partial charge in [0, 0.05) is 29.2 Å². The average molecular weight is 268 g/mol. The smallest absolute Gasteiger partial charge is 0.123 e. The molecule has 1 aromatic heterocycles. The molecule has 0 atom stereocenters. The molecule has 3 rings (SSSR count). The number of hydrogen-bond donors (Lipinski definition) is 1. The summed E-state index contributed by atoms with van der Waals surface area (Å²) in [4.78, 5) is 0. The molecule has 0 spiro atoms. The summed E-state index contributed by atoms with van der Waals surface area (Å²) in [6.07, 6.45) is 3.34. The topological polar surface area (TPSA) is 37.5 Å². The minimum Gasteiger partial charge on any atom is -0.411 e. The zero-order chi connectivity index (χ0) is 13.9. The first kappa shape index (κ1) is 12.4. The molecule has 3 aromatic rings. The van der Waals surface area contributed by atoms with Crippen molar-refractivity contribution in [3.8, 4) is 0 Å². The Morgan fingerprint density at radius 2 is 1.85 bits per heavy atom. The third-order valence-corrected chi connectivity index (χ3v) is 3.28. The minimum absolute atomic E-state index is 0.237. The monoisotopic (exact) mass is 268 g/mol. The lowest BCUT2D eigenvalue weighted by atomic mass is 10.2. The first-order chi connectivity index (χ1) is 9.78. The Kier molecular flexibility index (Phi) is 3.21. The number of hydrogen-bond acceptors (Lipinski definition) is 2. The number of benzene rings is 2. The van der Waals surface area contributed by atoms with Crippen molar-refractivity contribution in [2.24, 2.45) is 5.16 Å². The van der Waals surface area contributed by atoms with Crippen LogP contribution in [0.25, 0.3) is 10.9 Å². The van der Waals surface area contributed by atoms with Crippen LogP contribution in [0.5, 0.6) is 0 Å². The average Bonchev–Trinajstić information content (AvgIpc) is 2.81. The molecule has 1 heterocycles. The number of rotatable bonds is 3. The van der Waals surface area contributed by atoms with Gasteiger partial charge in [0.05, 0.1) is 6.21 Å². The van der Waals surface area contributed by atoms with Crippen LogP contribution >= 0.6 is 0 Å². The molecule has 4 heteroatoms. The maximum atomic E-state index is 12.9. The SMILES string of the molecule is O/N=C/c1cn(Cc2ccc(F)cc2)c2ccccc12. The van der Waals surface area contributed by atoms with Crippen molar-refractivity contribution in [1.82, 2.24) is 4.57 Å². The Bertz CT molecular complexity index is 760. The fraction of sp³-hybridized carbons (Fsp3) is 0.0625. The molecular weight excluding hydrogens is 255 g/mol. The van der Waals surface area contributed by atoms with Crippen LogP contribution < -0.4 is 0 Å². The zero-order valence-corrected chi connectivity index (χ0v) is 10.7. The second kappa shape index (κ2) is 5.17. The van der Waals surface area contributed by atoms with E-state index in [1.165, 1.54) is 18.3 Å². The van der Waals surface area contributed by atoms with Gasteiger partial charge < -0.3 is 9.77 Å². The van der Waals surface area contributed by atoms with Gasteiger partial charge in [-0.2, -0.15) is 0 Å². The number of para-hydroxylation sites is 1. The van der Waals surface area contributed by atoms with Gasteiger partial charge in [0.2, 0.25) is 0 Å². The van der Waals surface area contributed by atoms with Gasteiger partial charge in [0.25, 0.3) is 0 Å². The van der Waals surface area contributed by atoms with Crippen molar-refractivity contribution in [3.05, 3.63) is 71.7 Å². The molecule has 100 valence electrons. The van der Waals surface area contributed by atoms with Crippen LogP contribution in [0.15, 0.2) is 59.9 Å². The van der Waals surface area contributed by atoms with Gasteiger partial charge in [-0.15, -0.1) is 0 Å². The van der Waals surface area contributed by atoms with E-state index in [1.807, 2.05) is 30.5 Å². The number of nitrogens with zero attached hydrogens (tertiary/aromatic N) is 2. The summed E-state index contributed by atoms with van der Waals surface area (Å²) in [5.74, 6) is -0.237. The first-order valence-corrected chi connectivity index (χ1v) is 6.27. The van der Waals surface area contributed by atoms with Crippen LogP contribution in [0.4, 0.5) is 4.39 Å². The van der Waals surface area contributed by atoms with Crippen molar-refractivity contribution < 1.29 is 9.60 Å². The highest BCUT2D eigenvalue weighted by Crippen LogP contribution is 2.21. The first-order valence-electron chi connectivity index (χ1n) is 6.27. The van der Waals surface area contributed by atoms with Crippen LogP contribution in [0.3, 0.4) is 0 Å². The lowest BCUT2D eigenvalue weighted by Gasteiger charge is -2.05.